The first-order chi connectivity index (χ1) is 65.4. The Kier molecular flexibility index (Phi) is 19.9. The average molecular weight is 1680 g/mol. The molecule has 25 rings (SSSR count). The second-order valence-electron chi connectivity index (χ2n) is 34.3. The zero-order valence-electron chi connectivity index (χ0n) is 72.4. The third-order valence-electron chi connectivity index (χ3n) is 26.6. The lowest BCUT2D eigenvalue weighted by Gasteiger charge is -2.26. The fourth-order valence-corrected chi connectivity index (χ4v) is 19.9. The molecule has 0 unspecified atom stereocenters. The van der Waals surface area contributed by atoms with Gasteiger partial charge in [0.05, 0.1) is 22.1 Å². The number of fused-ring (bicyclic) bond motifs is 12. The van der Waals surface area contributed by atoms with Crippen LogP contribution in [0, 0.1) is 0 Å². The largest absolute Gasteiger partial charge is 0.311 e. The molecule has 4 heteroatoms. The Morgan fingerprint density at radius 2 is 0.341 bits per heavy atom. The number of hydrogen-bond donors (Lipinski definition) is 0. The van der Waals surface area contributed by atoms with Gasteiger partial charge in [0.15, 0.2) is 0 Å². The van der Waals surface area contributed by atoms with Crippen molar-refractivity contribution in [3.63, 3.8) is 0 Å². The van der Waals surface area contributed by atoms with E-state index in [2.05, 4.69) is 541 Å². The Balaban J connectivity index is 0.000000146. The van der Waals surface area contributed by atoms with Gasteiger partial charge in [-0.05, 0) is 301 Å². The third-order valence-corrected chi connectivity index (χ3v) is 26.6. The van der Waals surface area contributed by atoms with Gasteiger partial charge >= 0.3 is 0 Å². The van der Waals surface area contributed by atoms with E-state index in [1.54, 1.807) is 0 Å². The third kappa shape index (κ3) is 14.7. The van der Waals surface area contributed by atoms with Gasteiger partial charge in [0, 0.05) is 67.0 Å². The maximum atomic E-state index is 2.38. The predicted molar refractivity (Wildman–Crippen MR) is 562 cm³/mol. The number of benzene rings is 23. The van der Waals surface area contributed by atoms with Crippen molar-refractivity contribution in [2.24, 2.45) is 0 Å². The van der Waals surface area contributed by atoms with Gasteiger partial charge in [0.1, 0.15) is 0 Å². The van der Waals surface area contributed by atoms with Crippen LogP contribution in [-0.4, -0.2) is 9.13 Å². The lowest BCUT2D eigenvalue weighted by molar-refractivity contribution is 1.17. The summed E-state index contributed by atoms with van der Waals surface area (Å²) < 4.78 is 4.75. The molecule has 0 amide bonds. The monoisotopic (exact) mass is 1680 g/mol. The molecule has 0 spiro atoms. The van der Waals surface area contributed by atoms with Crippen molar-refractivity contribution in [2.75, 3.05) is 9.80 Å². The van der Waals surface area contributed by atoms with Gasteiger partial charge in [-0.25, -0.2) is 0 Å². The molecule has 0 aliphatic carbocycles. The molecule has 0 saturated heterocycles. The first-order valence-electron chi connectivity index (χ1n) is 45.4. The molecule has 2 aromatic heterocycles. The highest BCUT2D eigenvalue weighted by Crippen LogP contribution is 2.45. The smallest absolute Gasteiger partial charge is 0.0541 e. The van der Waals surface area contributed by atoms with Crippen LogP contribution in [0.4, 0.5) is 34.1 Å². The van der Waals surface area contributed by atoms with E-state index in [4.69, 9.17) is 0 Å². The number of hydrogen-bond acceptors (Lipinski definition) is 2. The van der Waals surface area contributed by atoms with Crippen molar-refractivity contribution in [3.05, 3.63) is 522 Å². The molecule has 0 radical (unpaired) electrons. The number of anilines is 6. The molecule has 132 heavy (non-hydrogen) atoms. The normalized spacial score (nSPS) is 11.5. The van der Waals surface area contributed by atoms with Gasteiger partial charge in [0.2, 0.25) is 0 Å². The van der Waals surface area contributed by atoms with Crippen LogP contribution in [0.5, 0.6) is 0 Å². The highest BCUT2D eigenvalue weighted by atomic mass is 15.1. The SMILES string of the molecule is c1cc(-c2ccc(N(c3ccc(-c4ccc(-c5ccc6ccccc6c5)cc4)cc3)c3ccc(-n4c5ccccc5c5ccccc54)cc3)cc2)cc(-c2cc3ccccc3c3ccccc23)c1.c1cc(-c2ccc(N(c3ccc(-c4ccc(-c5ccc6ccccc6c5)cc4)cc3)c3ccc(-n4c5ccccc5c5ccccc54)cc3)cc2)cc(-c2ccc3ccccc3c2)c1. The standard InChI is InChI=1S/C66H44N2.C62H42N2/c1-2-13-50-42-52(29-28-45(50)12-1)48-26-24-46(25-27-48)47-30-34-55(35-31-47)67(57-38-40-58(41-39-57)68-65-22-9-7-20-62(65)63-21-8-10-23-66(63)68)56-36-32-49(33-37-56)51-15-11-16-53(43-51)64-44-54-14-3-4-17-59(54)60-18-5-6-19-61(60)64;1-3-12-49-41-53(26-24-43(49)10-1)47-22-20-45(21-23-47)46-28-32-55(33-29-46)63(57-36-38-58(39-37-57)64-61-18-7-5-16-59(61)60-17-6-8-19-62(60)64)56-34-30-48(31-35-56)51-14-9-15-52(40-51)54-27-25-44-11-2-4-13-50(44)42-54/h1-44H;1-42H. The number of aromatic nitrogens is 2. The minimum absolute atomic E-state index is 1.08. The molecule has 25 aromatic rings. The molecule has 0 saturated carbocycles. The van der Waals surface area contributed by atoms with Gasteiger partial charge in [-0.2, -0.15) is 0 Å². The highest BCUT2D eigenvalue weighted by molar-refractivity contribution is 6.15. The van der Waals surface area contributed by atoms with E-state index in [0.717, 1.165) is 45.5 Å². The number of para-hydroxylation sites is 4. The van der Waals surface area contributed by atoms with Crippen LogP contribution in [-0.2, 0) is 0 Å². The first kappa shape index (κ1) is 78.1. The molecule has 0 bridgehead atoms. The molecule has 618 valence electrons. The maximum Gasteiger partial charge on any atom is 0.0541 e. The Morgan fingerprint density at radius 3 is 0.682 bits per heavy atom. The van der Waals surface area contributed by atoms with E-state index < -0.39 is 0 Å². The Labute approximate surface area is 767 Å². The zero-order valence-corrected chi connectivity index (χ0v) is 72.4. The number of nitrogens with zero attached hydrogens (tertiary/aromatic N) is 4. The number of rotatable bonds is 16. The summed E-state index contributed by atoms with van der Waals surface area (Å²) in [7, 11) is 0. The second-order valence-corrected chi connectivity index (χ2v) is 34.3. The van der Waals surface area contributed by atoms with Gasteiger partial charge in [-0.1, -0.05) is 364 Å². The Bertz CT molecular complexity index is 8540. The molecule has 0 aliphatic heterocycles. The minimum atomic E-state index is 1.08. The lowest BCUT2D eigenvalue weighted by atomic mass is 9.92. The summed E-state index contributed by atoms with van der Waals surface area (Å²) in [6.07, 6.45) is 0. The van der Waals surface area contributed by atoms with E-state index in [-0.39, 0.29) is 0 Å². The fourth-order valence-electron chi connectivity index (χ4n) is 19.9. The molecule has 0 atom stereocenters. The summed E-state index contributed by atoms with van der Waals surface area (Å²) in [5.41, 5.74) is 32.8. The molecule has 0 fully saturated rings. The van der Waals surface area contributed by atoms with E-state index in [1.807, 2.05) is 0 Å². The molecule has 2 heterocycles. The van der Waals surface area contributed by atoms with E-state index in [1.165, 1.54) is 186 Å². The van der Waals surface area contributed by atoms with Crippen molar-refractivity contribution < 1.29 is 0 Å². The summed E-state index contributed by atoms with van der Waals surface area (Å²) in [6.45, 7) is 0. The fraction of sp³-hybridized carbons (Fsp3) is 0. The van der Waals surface area contributed by atoms with E-state index in [9.17, 15) is 0 Å². The highest BCUT2D eigenvalue weighted by Gasteiger charge is 2.21. The average Bonchev–Trinajstić information content (AvgIpc) is 1.61. The van der Waals surface area contributed by atoms with Crippen LogP contribution >= 0.6 is 0 Å². The first-order valence-corrected chi connectivity index (χ1v) is 45.4. The minimum Gasteiger partial charge on any atom is -0.311 e. The maximum absolute atomic E-state index is 2.38. The lowest BCUT2D eigenvalue weighted by Crippen LogP contribution is -2.10. The van der Waals surface area contributed by atoms with Gasteiger partial charge in [0.25, 0.3) is 0 Å². The molecular weight excluding hydrogens is 1590 g/mol. The Hall–Kier alpha value is -17.4. The van der Waals surface area contributed by atoms with Crippen LogP contribution in [0.1, 0.15) is 0 Å². The summed E-state index contributed by atoms with van der Waals surface area (Å²) >= 11 is 0. The van der Waals surface area contributed by atoms with Crippen LogP contribution in [0.25, 0.3) is 198 Å². The molecule has 0 aliphatic rings. The van der Waals surface area contributed by atoms with Crippen molar-refractivity contribution in [2.45, 2.75) is 0 Å². The summed E-state index contributed by atoms with van der Waals surface area (Å²) in [5.74, 6) is 0. The van der Waals surface area contributed by atoms with Gasteiger partial charge in [-0.3, -0.25) is 0 Å². The molecule has 4 nitrogen and oxygen atoms in total. The van der Waals surface area contributed by atoms with Crippen molar-refractivity contribution >= 4 is 132 Å². The topological polar surface area (TPSA) is 16.3 Å². The summed E-state index contributed by atoms with van der Waals surface area (Å²) in [5, 5.41) is 17.6. The Morgan fingerprint density at radius 1 is 0.121 bits per heavy atom. The molecular formula is C128H86N4. The molecule has 23 aromatic carbocycles. The molecule has 0 N–H and O–H groups in total. The quantitative estimate of drug-likeness (QED) is 0.0897. The van der Waals surface area contributed by atoms with Crippen LogP contribution < -0.4 is 9.80 Å². The van der Waals surface area contributed by atoms with Crippen molar-refractivity contribution in [1.29, 1.82) is 0 Å². The van der Waals surface area contributed by atoms with Crippen LogP contribution in [0.3, 0.4) is 0 Å². The van der Waals surface area contributed by atoms with Crippen molar-refractivity contribution in [3.8, 4) is 100 Å². The summed E-state index contributed by atoms with van der Waals surface area (Å²) in [4.78, 5) is 4.72. The van der Waals surface area contributed by atoms with Crippen LogP contribution in [0.2, 0.25) is 0 Å². The summed E-state index contributed by atoms with van der Waals surface area (Å²) in [6, 6.07) is 190. The van der Waals surface area contributed by atoms with E-state index >= 15 is 0 Å². The predicted octanol–water partition coefficient (Wildman–Crippen LogP) is 35.6. The van der Waals surface area contributed by atoms with E-state index in [0.29, 0.717) is 0 Å². The van der Waals surface area contributed by atoms with Crippen LogP contribution in [0.15, 0.2) is 522 Å². The van der Waals surface area contributed by atoms with Gasteiger partial charge in [-0.15, -0.1) is 0 Å². The van der Waals surface area contributed by atoms with Gasteiger partial charge < -0.3 is 18.9 Å². The second kappa shape index (κ2) is 33.7. The zero-order chi connectivity index (χ0) is 87.4. The van der Waals surface area contributed by atoms with Crippen molar-refractivity contribution in [1.82, 2.24) is 9.13 Å².